The summed E-state index contributed by atoms with van der Waals surface area (Å²) in [6.07, 6.45) is 0.773. The lowest BCUT2D eigenvalue weighted by molar-refractivity contribution is -0.136. The highest BCUT2D eigenvalue weighted by atomic mass is 32.1. The Hall–Kier alpha value is -4.18. The zero-order valence-electron chi connectivity index (χ0n) is 21.7. The lowest BCUT2D eigenvalue weighted by atomic mass is 9.95. The summed E-state index contributed by atoms with van der Waals surface area (Å²) in [5.41, 5.74) is 2.71. The Kier molecular flexibility index (Phi) is 6.66. The third-order valence-electron chi connectivity index (χ3n) is 6.72. The fraction of sp³-hybridized carbons (Fsp3) is 0.286. The van der Waals surface area contributed by atoms with Gasteiger partial charge in [-0.05, 0) is 37.1 Å². The molecule has 1 amide bonds. The Bertz CT molecular complexity index is 1680. The topological polar surface area (TPSA) is 99.4 Å². The molecular weight excluding hydrogens is 506 g/mol. The first-order valence-electron chi connectivity index (χ1n) is 12.1. The molecule has 0 aliphatic carbocycles. The van der Waals surface area contributed by atoms with Crippen LogP contribution >= 0.6 is 11.3 Å². The van der Waals surface area contributed by atoms with Crippen molar-refractivity contribution < 1.29 is 23.8 Å². The van der Waals surface area contributed by atoms with Gasteiger partial charge in [0.15, 0.2) is 16.3 Å². The second-order valence-corrected chi connectivity index (χ2v) is 9.83. The average Bonchev–Trinajstić information content (AvgIpc) is 3.39. The third kappa shape index (κ3) is 3.83. The lowest BCUT2D eigenvalue weighted by Crippen LogP contribution is -2.41. The summed E-state index contributed by atoms with van der Waals surface area (Å²) in [6.45, 7) is 4.25. The standard InChI is InChI=1S/C28H27N3O6S/c1-6-13-30-18-10-8-7-9-17(18)22(25(30)32)24-26(33)31-23(16-11-12-19(35-3)20(14-16)36-4)21(27(34)37-5)15(2)29-28(31)38-24/h7-12,14,23H,6,13H2,1-5H3/b24-22-/t23-/m1/s1. The minimum Gasteiger partial charge on any atom is -0.493 e. The van der Waals surface area contributed by atoms with Crippen molar-refractivity contribution in [2.24, 2.45) is 4.99 Å². The van der Waals surface area contributed by atoms with Gasteiger partial charge in [-0.25, -0.2) is 9.79 Å². The van der Waals surface area contributed by atoms with Crippen molar-refractivity contribution in [2.75, 3.05) is 32.8 Å². The molecular formula is C28H27N3O6S. The van der Waals surface area contributed by atoms with Crippen LogP contribution in [0.5, 0.6) is 11.5 Å². The van der Waals surface area contributed by atoms with Crippen LogP contribution in [-0.4, -0.2) is 44.3 Å². The Morgan fingerprint density at radius 2 is 1.79 bits per heavy atom. The molecule has 0 unspecified atom stereocenters. The molecule has 0 fully saturated rings. The van der Waals surface area contributed by atoms with Crippen molar-refractivity contribution in [3.63, 3.8) is 0 Å². The third-order valence-corrected chi connectivity index (χ3v) is 7.78. The summed E-state index contributed by atoms with van der Waals surface area (Å²) < 4.78 is 17.7. The number of methoxy groups -OCH3 is 3. The molecule has 0 saturated carbocycles. The van der Waals surface area contributed by atoms with Crippen molar-refractivity contribution in [2.45, 2.75) is 26.3 Å². The van der Waals surface area contributed by atoms with Crippen LogP contribution in [0.2, 0.25) is 0 Å². The van der Waals surface area contributed by atoms with E-state index in [0.29, 0.717) is 45.2 Å². The van der Waals surface area contributed by atoms with Gasteiger partial charge in [-0.2, -0.15) is 0 Å². The lowest BCUT2D eigenvalue weighted by Gasteiger charge is -2.25. The van der Waals surface area contributed by atoms with Gasteiger partial charge in [-0.15, -0.1) is 0 Å². The zero-order chi connectivity index (χ0) is 27.1. The SMILES string of the molecule is CCCN1C(=O)/C(=c2\sc3n(c2=O)[C@H](c2ccc(OC)c(OC)c2)C(C(=O)OC)=C(C)N=3)c2ccccc21. The molecule has 2 aromatic carbocycles. The average molecular weight is 534 g/mol. The Balaban J connectivity index is 1.82. The van der Waals surface area contributed by atoms with E-state index in [0.717, 1.165) is 23.4 Å². The number of allylic oxidation sites excluding steroid dienone is 1. The number of hydrogen-bond donors (Lipinski definition) is 0. The van der Waals surface area contributed by atoms with Crippen LogP contribution in [0.25, 0.3) is 5.57 Å². The highest BCUT2D eigenvalue weighted by molar-refractivity contribution is 7.07. The molecule has 196 valence electrons. The highest BCUT2D eigenvalue weighted by Crippen LogP contribution is 2.37. The van der Waals surface area contributed by atoms with Crippen LogP contribution in [0, 0.1) is 0 Å². The molecule has 0 N–H and O–H groups in total. The smallest absolute Gasteiger partial charge is 0.338 e. The number of carbonyl (C=O) groups excluding carboxylic acids is 2. The number of rotatable bonds is 6. The zero-order valence-corrected chi connectivity index (χ0v) is 22.5. The van der Waals surface area contributed by atoms with E-state index in [1.165, 1.54) is 25.9 Å². The van der Waals surface area contributed by atoms with Gasteiger partial charge >= 0.3 is 5.97 Å². The van der Waals surface area contributed by atoms with Crippen molar-refractivity contribution in [1.29, 1.82) is 0 Å². The Labute approximate surface area is 222 Å². The first kappa shape index (κ1) is 25.5. The van der Waals surface area contributed by atoms with Crippen LogP contribution in [0.1, 0.15) is 37.4 Å². The highest BCUT2D eigenvalue weighted by Gasteiger charge is 2.37. The number of hydrogen-bond acceptors (Lipinski definition) is 8. The number of esters is 1. The van der Waals surface area contributed by atoms with E-state index in [4.69, 9.17) is 14.2 Å². The van der Waals surface area contributed by atoms with E-state index in [-0.39, 0.29) is 16.0 Å². The van der Waals surface area contributed by atoms with Crippen LogP contribution in [0.3, 0.4) is 0 Å². The van der Waals surface area contributed by atoms with Gasteiger partial charge < -0.3 is 19.1 Å². The molecule has 0 saturated heterocycles. The summed E-state index contributed by atoms with van der Waals surface area (Å²) >= 11 is 1.14. The number of benzene rings is 2. The maximum atomic E-state index is 14.1. The van der Waals surface area contributed by atoms with E-state index in [9.17, 15) is 14.4 Å². The number of nitrogens with zero attached hydrogens (tertiary/aromatic N) is 3. The normalized spacial score (nSPS) is 17.7. The number of anilines is 1. The summed E-state index contributed by atoms with van der Waals surface area (Å²) in [5.74, 6) is 0.143. The van der Waals surface area contributed by atoms with Gasteiger partial charge in [0.05, 0.1) is 49.9 Å². The van der Waals surface area contributed by atoms with E-state index in [2.05, 4.69) is 4.99 Å². The number of fused-ring (bicyclic) bond motifs is 2. The van der Waals surface area contributed by atoms with E-state index in [1.54, 1.807) is 30.0 Å². The van der Waals surface area contributed by atoms with Crippen molar-refractivity contribution in [1.82, 2.24) is 4.57 Å². The number of aromatic nitrogens is 1. The maximum Gasteiger partial charge on any atom is 0.338 e. The van der Waals surface area contributed by atoms with Gasteiger partial charge in [0.25, 0.3) is 11.5 Å². The monoisotopic (exact) mass is 533 g/mol. The van der Waals surface area contributed by atoms with Gasteiger partial charge in [-0.1, -0.05) is 42.5 Å². The first-order chi connectivity index (χ1) is 18.4. The summed E-state index contributed by atoms with van der Waals surface area (Å²) in [6, 6.07) is 11.8. The number of amides is 1. The Morgan fingerprint density at radius 3 is 2.47 bits per heavy atom. The molecule has 9 nitrogen and oxygen atoms in total. The molecule has 38 heavy (non-hydrogen) atoms. The van der Waals surface area contributed by atoms with E-state index < -0.39 is 17.6 Å². The van der Waals surface area contributed by atoms with Gasteiger partial charge in [0, 0.05) is 12.1 Å². The molecule has 0 radical (unpaired) electrons. The first-order valence-corrected chi connectivity index (χ1v) is 12.9. The predicted molar refractivity (Wildman–Crippen MR) is 143 cm³/mol. The number of ether oxygens (including phenoxy) is 3. The molecule has 1 atom stereocenters. The molecule has 10 heteroatoms. The predicted octanol–water partition coefficient (Wildman–Crippen LogP) is 2.55. The van der Waals surface area contributed by atoms with Crippen molar-refractivity contribution in [3.05, 3.63) is 84.5 Å². The molecule has 3 aromatic rings. The second-order valence-electron chi connectivity index (χ2n) is 8.86. The Morgan fingerprint density at radius 1 is 1.05 bits per heavy atom. The summed E-state index contributed by atoms with van der Waals surface area (Å²) in [7, 11) is 4.34. The number of para-hydroxylation sites is 1. The van der Waals surface area contributed by atoms with Gasteiger partial charge in [0.2, 0.25) is 0 Å². The summed E-state index contributed by atoms with van der Waals surface area (Å²) in [5, 5.41) is 0. The van der Waals surface area contributed by atoms with Crippen molar-refractivity contribution >= 4 is 34.5 Å². The van der Waals surface area contributed by atoms with Gasteiger partial charge in [-0.3, -0.25) is 14.2 Å². The summed E-state index contributed by atoms with van der Waals surface area (Å²) in [4.78, 5) is 47.4. The fourth-order valence-electron chi connectivity index (χ4n) is 5.03. The van der Waals surface area contributed by atoms with Crippen LogP contribution in [0.4, 0.5) is 5.69 Å². The molecule has 0 spiro atoms. The van der Waals surface area contributed by atoms with Crippen LogP contribution in [0.15, 0.2) is 63.5 Å². The van der Waals surface area contributed by atoms with Crippen LogP contribution < -0.4 is 29.3 Å². The molecule has 0 bridgehead atoms. The minimum absolute atomic E-state index is 0.218. The van der Waals surface area contributed by atoms with Crippen LogP contribution in [-0.2, 0) is 14.3 Å². The largest absolute Gasteiger partial charge is 0.493 e. The van der Waals surface area contributed by atoms with E-state index in [1.807, 2.05) is 31.2 Å². The number of thiazole rings is 1. The van der Waals surface area contributed by atoms with E-state index >= 15 is 0 Å². The van der Waals surface area contributed by atoms with Crippen molar-refractivity contribution in [3.8, 4) is 11.5 Å². The second kappa shape index (κ2) is 9.94. The maximum absolute atomic E-state index is 14.1. The van der Waals surface area contributed by atoms with Gasteiger partial charge in [0.1, 0.15) is 4.53 Å². The molecule has 2 aliphatic rings. The molecule has 3 heterocycles. The fourth-order valence-corrected chi connectivity index (χ4v) is 6.16. The minimum atomic E-state index is -0.841. The molecule has 5 rings (SSSR count). The number of carbonyl (C=O) groups is 2. The molecule has 1 aromatic heterocycles. The molecule has 2 aliphatic heterocycles. The quantitative estimate of drug-likeness (QED) is 0.452.